The standard InChI is InChI=1S/C16H21N3O3S/c1-13-17-16(18-22-13)14-6-5-9-19(12-14)10-11-23(20,21)15-7-3-2-4-8-15/h2-4,7-8,14H,5-6,9-12H2,1H3/t14-/m1/s1. The molecule has 6 nitrogen and oxygen atoms in total. The van der Waals surface area contributed by atoms with Crippen LogP contribution in [-0.2, 0) is 9.84 Å². The van der Waals surface area contributed by atoms with Gasteiger partial charge in [-0.05, 0) is 31.5 Å². The molecule has 0 N–H and O–H groups in total. The number of rotatable bonds is 5. The summed E-state index contributed by atoms with van der Waals surface area (Å²) in [5.41, 5.74) is 0. The molecule has 0 aliphatic carbocycles. The summed E-state index contributed by atoms with van der Waals surface area (Å²) in [6.45, 7) is 4.01. The normalized spacial score (nSPS) is 19.8. The number of benzene rings is 1. The van der Waals surface area contributed by atoms with Crippen molar-refractivity contribution in [3.63, 3.8) is 0 Å². The predicted molar refractivity (Wildman–Crippen MR) is 85.9 cm³/mol. The summed E-state index contributed by atoms with van der Waals surface area (Å²) in [7, 11) is -3.23. The molecule has 0 spiro atoms. The first-order valence-corrected chi connectivity index (χ1v) is 9.50. The zero-order valence-electron chi connectivity index (χ0n) is 13.2. The van der Waals surface area contributed by atoms with Crippen molar-refractivity contribution in [1.29, 1.82) is 0 Å². The average Bonchev–Trinajstić information content (AvgIpc) is 3.01. The lowest BCUT2D eigenvalue weighted by atomic mass is 9.97. The van der Waals surface area contributed by atoms with Crippen molar-refractivity contribution in [2.24, 2.45) is 0 Å². The zero-order valence-corrected chi connectivity index (χ0v) is 14.0. The van der Waals surface area contributed by atoms with E-state index in [0.29, 0.717) is 17.3 Å². The minimum Gasteiger partial charge on any atom is -0.340 e. The molecule has 2 aromatic rings. The third-order valence-corrected chi connectivity index (χ3v) is 5.90. The van der Waals surface area contributed by atoms with E-state index in [2.05, 4.69) is 15.0 Å². The Kier molecular flexibility index (Phi) is 4.77. The molecule has 0 unspecified atom stereocenters. The van der Waals surface area contributed by atoms with E-state index >= 15 is 0 Å². The Labute approximate surface area is 136 Å². The molecule has 3 rings (SSSR count). The number of sulfone groups is 1. The summed E-state index contributed by atoms with van der Waals surface area (Å²) in [5, 5.41) is 4.00. The highest BCUT2D eigenvalue weighted by Crippen LogP contribution is 2.25. The van der Waals surface area contributed by atoms with Crippen LogP contribution in [0.2, 0.25) is 0 Å². The Morgan fingerprint density at radius 3 is 2.78 bits per heavy atom. The SMILES string of the molecule is Cc1nc([C@@H]2CCCN(CCS(=O)(=O)c3ccccc3)C2)no1. The molecule has 1 aliphatic rings. The summed E-state index contributed by atoms with van der Waals surface area (Å²) >= 11 is 0. The molecule has 0 amide bonds. The lowest BCUT2D eigenvalue weighted by molar-refractivity contribution is 0.212. The van der Waals surface area contributed by atoms with Crippen LogP contribution in [0.1, 0.15) is 30.5 Å². The maximum Gasteiger partial charge on any atom is 0.223 e. The van der Waals surface area contributed by atoms with E-state index in [9.17, 15) is 8.42 Å². The minimum atomic E-state index is -3.23. The number of piperidine rings is 1. The van der Waals surface area contributed by atoms with Crippen LogP contribution in [0.3, 0.4) is 0 Å². The molecule has 1 atom stereocenters. The molecular formula is C16H21N3O3S. The van der Waals surface area contributed by atoms with E-state index in [0.717, 1.165) is 31.8 Å². The second kappa shape index (κ2) is 6.80. The quantitative estimate of drug-likeness (QED) is 0.832. The molecule has 0 radical (unpaired) electrons. The largest absolute Gasteiger partial charge is 0.340 e. The van der Waals surface area contributed by atoms with Gasteiger partial charge in [0, 0.05) is 25.9 Å². The first-order valence-electron chi connectivity index (χ1n) is 7.85. The molecule has 7 heteroatoms. The Morgan fingerprint density at radius 2 is 2.09 bits per heavy atom. The van der Waals surface area contributed by atoms with Crippen molar-refractivity contribution in [3.8, 4) is 0 Å². The van der Waals surface area contributed by atoms with E-state index < -0.39 is 9.84 Å². The monoisotopic (exact) mass is 335 g/mol. The molecule has 0 saturated carbocycles. The van der Waals surface area contributed by atoms with E-state index in [-0.39, 0.29) is 11.7 Å². The third-order valence-electron chi connectivity index (χ3n) is 4.19. The van der Waals surface area contributed by atoms with E-state index in [1.807, 2.05) is 6.07 Å². The zero-order chi connectivity index (χ0) is 16.3. The predicted octanol–water partition coefficient (Wildman–Crippen LogP) is 2.03. The van der Waals surface area contributed by atoms with Crippen molar-refractivity contribution < 1.29 is 12.9 Å². The molecule has 1 aromatic carbocycles. The van der Waals surface area contributed by atoms with Gasteiger partial charge in [0.1, 0.15) is 0 Å². The molecule has 1 fully saturated rings. The van der Waals surface area contributed by atoms with Crippen molar-refractivity contribution in [2.75, 3.05) is 25.4 Å². The summed E-state index contributed by atoms with van der Waals surface area (Å²) < 4.78 is 29.8. The molecule has 1 saturated heterocycles. The van der Waals surface area contributed by atoms with Crippen molar-refractivity contribution in [3.05, 3.63) is 42.0 Å². The van der Waals surface area contributed by atoms with Crippen LogP contribution in [0.15, 0.2) is 39.8 Å². The lowest BCUT2D eigenvalue weighted by Gasteiger charge is -2.31. The van der Waals surface area contributed by atoms with Crippen LogP contribution in [0.25, 0.3) is 0 Å². The fourth-order valence-electron chi connectivity index (χ4n) is 2.95. The maximum atomic E-state index is 12.4. The molecule has 1 aliphatic heterocycles. The summed E-state index contributed by atoms with van der Waals surface area (Å²) in [4.78, 5) is 6.87. The number of hydrogen-bond donors (Lipinski definition) is 0. The molecule has 1 aromatic heterocycles. The Hall–Kier alpha value is -1.73. The highest BCUT2D eigenvalue weighted by molar-refractivity contribution is 7.91. The van der Waals surface area contributed by atoms with Crippen molar-refractivity contribution in [1.82, 2.24) is 15.0 Å². The van der Waals surface area contributed by atoms with Crippen molar-refractivity contribution in [2.45, 2.75) is 30.6 Å². The van der Waals surface area contributed by atoms with Gasteiger partial charge in [-0.3, -0.25) is 0 Å². The Balaban J connectivity index is 1.60. The van der Waals surface area contributed by atoms with Gasteiger partial charge in [-0.25, -0.2) is 8.42 Å². The van der Waals surface area contributed by atoms with E-state index in [1.54, 1.807) is 31.2 Å². The van der Waals surface area contributed by atoms with Crippen LogP contribution >= 0.6 is 0 Å². The van der Waals surface area contributed by atoms with Gasteiger partial charge in [0.2, 0.25) is 5.89 Å². The van der Waals surface area contributed by atoms with Crippen molar-refractivity contribution >= 4 is 9.84 Å². The van der Waals surface area contributed by atoms with Gasteiger partial charge in [0.15, 0.2) is 15.7 Å². The summed E-state index contributed by atoms with van der Waals surface area (Å²) in [6.07, 6.45) is 2.03. The first-order chi connectivity index (χ1) is 11.0. The van der Waals surface area contributed by atoms with Gasteiger partial charge in [-0.2, -0.15) is 4.98 Å². The number of aromatic nitrogens is 2. The number of nitrogens with zero attached hydrogens (tertiary/aromatic N) is 3. The Morgan fingerprint density at radius 1 is 1.30 bits per heavy atom. The smallest absolute Gasteiger partial charge is 0.223 e. The molecule has 0 bridgehead atoms. The second-order valence-electron chi connectivity index (χ2n) is 5.94. The fraction of sp³-hybridized carbons (Fsp3) is 0.500. The van der Waals surface area contributed by atoms with Crippen LogP contribution in [0.5, 0.6) is 0 Å². The van der Waals surface area contributed by atoms with Gasteiger partial charge in [-0.15, -0.1) is 0 Å². The van der Waals surface area contributed by atoms with Gasteiger partial charge in [0.05, 0.1) is 10.6 Å². The van der Waals surface area contributed by atoms with Crippen LogP contribution in [-0.4, -0.2) is 48.8 Å². The number of aryl methyl sites for hydroxylation is 1. The van der Waals surface area contributed by atoms with E-state index in [1.165, 1.54) is 0 Å². The molecule has 2 heterocycles. The minimum absolute atomic E-state index is 0.134. The number of likely N-dealkylation sites (tertiary alicyclic amines) is 1. The van der Waals surface area contributed by atoms with Gasteiger partial charge in [0.25, 0.3) is 0 Å². The van der Waals surface area contributed by atoms with Crippen LogP contribution < -0.4 is 0 Å². The Bertz CT molecular complexity index is 743. The van der Waals surface area contributed by atoms with Gasteiger partial charge in [-0.1, -0.05) is 23.4 Å². The lowest BCUT2D eigenvalue weighted by Crippen LogP contribution is -2.37. The second-order valence-corrected chi connectivity index (χ2v) is 8.05. The van der Waals surface area contributed by atoms with Crippen LogP contribution in [0, 0.1) is 6.92 Å². The molecular weight excluding hydrogens is 314 g/mol. The van der Waals surface area contributed by atoms with Gasteiger partial charge >= 0.3 is 0 Å². The topological polar surface area (TPSA) is 76.3 Å². The maximum absolute atomic E-state index is 12.4. The van der Waals surface area contributed by atoms with Gasteiger partial charge < -0.3 is 9.42 Å². The summed E-state index contributed by atoms with van der Waals surface area (Å²) in [5.74, 6) is 1.66. The van der Waals surface area contributed by atoms with Crippen LogP contribution in [0.4, 0.5) is 0 Å². The molecule has 23 heavy (non-hydrogen) atoms. The fourth-order valence-corrected chi connectivity index (χ4v) is 4.25. The molecule has 124 valence electrons. The third kappa shape index (κ3) is 3.97. The average molecular weight is 335 g/mol. The van der Waals surface area contributed by atoms with E-state index in [4.69, 9.17) is 4.52 Å². The summed E-state index contributed by atoms with van der Waals surface area (Å²) in [6, 6.07) is 8.62. The highest BCUT2D eigenvalue weighted by atomic mass is 32.2. The first kappa shape index (κ1) is 16.1. The highest BCUT2D eigenvalue weighted by Gasteiger charge is 2.26. The number of hydrogen-bond acceptors (Lipinski definition) is 6.